The third-order valence-electron chi connectivity index (χ3n) is 2.88. The van der Waals surface area contributed by atoms with E-state index in [1.54, 1.807) is 0 Å². The third-order valence-corrected chi connectivity index (χ3v) is 4.46. The highest BCUT2D eigenvalue weighted by Gasteiger charge is 2.53. The zero-order valence-electron chi connectivity index (χ0n) is 9.63. The number of aliphatic carboxylic acids is 1. The summed E-state index contributed by atoms with van der Waals surface area (Å²) in [5, 5.41) is 20.2. The first-order valence-corrected chi connectivity index (χ1v) is 6.95. The van der Waals surface area contributed by atoms with E-state index in [1.165, 1.54) is 11.8 Å². The summed E-state index contributed by atoms with van der Waals surface area (Å²) in [6.07, 6.45) is 0. The Bertz CT molecular complexity index is 481. The van der Waals surface area contributed by atoms with E-state index in [-0.39, 0.29) is 11.6 Å². The van der Waals surface area contributed by atoms with Crippen LogP contribution in [0.4, 0.5) is 0 Å². The molecule has 19 heavy (non-hydrogen) atoms. The molecule has 1 fully saturated rings. The van der Waals surface area contributed by atoms with Crippen LogP contribution in [0.5, 0.6) is 0 Å². The maximum Gasteiger partial charge on any atom is 0.352 e. The van der Waals surface area contributed by atoms with Crippen molar-refractivity contribution >= 4 is 41.1 Å². The number of aliphatic hydroxyl groups is 1. The SMILES string of the molecule is O=C(CCl)NC1C(=O)N2C(C(=O)O)=C(CO)CS[C@H]12. The number of halogens is 1. The smallest absolute Gasteiger partial charge is 0.352 e. The van der Waals surface area contributed by atoms with Crippen molar-refractivity contribution in [2.45, 2.75) is 11.4 Å². The van der Waals surface area contributed by atoms with Crippen LogP contribution < -0.4 is 5.32 Å². The summed E-state index contributed by atoms with van der Waals surface area (Å²) >= 11 is 6.64. The van der Waals surface area contributed by atoms with E-state index in [2.05, 4.69) is 5.32 Å². The van der Waals surface area contributed by atoms with Crippen LogP contribution in [0, 0.1) is 0 Å². The first-order valence-electron chi connectivity index (χ1n) is 5.37. The van der Waals surface area contributed by atoms with E-state index >= 15 is 0 Å². The molecular formula is C10H11ClN2O5S. The first kappa shape index (κ1) is 14.2. The molecule has 0 radical (unpaired) electrons. The standard InChI is InChI=1S/C10H11ClN2O5S/c11-1-5(15)12-6-8(16)13-7(10(17)18)4(2-14)3-19-9(6)13/h6,9,14H,1-3H2,(H,12,15)(H,17,18)/t6?,9-/m1/s1. The summed E-state index contributed by atoms with van der Waals surface area (Å²) in [6, 6.07) is -0.758. The molecule has 3 N–H and O–H groups in total. The number of alkyl halides is 1. The minimum Gasteiger partial charge on any atom is -0.477 e. The molecule has 0 aromatic rings. The number of nitrogens with one attached hydrogen (secondary N) is 1. The third kappa shape index (κ3) is 2.31. The highest BCUT2D eigenvalue weighted by atomic mass is 35.5. The second-order valence-corrected chi connectivity index (χ2v) is 5.38. The predicted molar refractivity (Wildman–Crippen MR) is 67.5 cm³/mol. The van der Waals surface area contributed by atoms with Crippen LogP contribution in [0.25, 0.3) is 0 Å². The van der Waals surface area contributed by atoms with Crippen molar-refractivity contribution in [3.8, 4) is 0 Å². The van der Waals surface area contributed by atoms with E-state index < -0.39 is 35.8 Å². The van der Waals surface area contributed by atoms with Gasteiger partial charge in [-0.05, 0) is 5.57 Å². The summed E-state index contributed by atoms with van der Waals surface area (Å²) in [5.74, 6) is -2.19. The van der Waals surface area contributed by atoms with Gasteiger partial charge in [0.2, 0.25) is 5.91 Å². The van der Waals surface area contributed by atoms with Crippen LogP contribution in [-0.2, 0) is 14.4 Å². The number of rotatable bonds is 4. The van der Waals surface area contributed by atoms with Gasteiger partial charge in [0.1, 0.15) is 23.0 Å². The van der Waals surface area contributed by atoms with Crippen molar-refractivity contribution in [2.75, 3.05) is 18.2 Å². The van der Waals surface area contributed by atoms with Crippen LogP contribution in [0.2, 0.25) is 0 Å². The van der Waals surface area contributed by atoms with Gasteiger partial charge >= 0.3 is 5.97 Å². The van der Waals surface area contributed by atoms with Gasteiger partial charge in [0.15, 0.2) is 0 Å². The lowest BCUT2D eigenvalue weighted by Gasteiger charge is -2.49. The lowest BCUT2D eigenvalue weighted by atomic mass is 10.0. The number of carbonyl (C=O) groups is 3. The van der Waals surface area contributed by atoms with Gasteiger partial charge in [-0.3, -0.25) is 14.5 Å². The average Bonchev–Trinajstić information content (AvgIpc) is 2.42. The van der Waals surface area contributed by atoms with E-state index in [0.29, 0.717) is 11.3 Å². The van der Waals surface area contributed by atoms with Gasteiger partial charge in [0.25, 0.3) is 5.91 Å². The van der Waals surface area contributed by atoms with Crippen molar-refractivity contribution < 1.29 is 24.6 Å². The molecule has 9 heteroatoms. The lowest BCUT2D eigenvalue weighted by Crippen LogP contribution is -2.70. The van der Waals surface area contributed by atoms with Crippen molar-refractivity contribution in [1.29, 1.82) is 0 Å². The predicted octanol–water partition coefficient (Wildman–Crippen LogP) is -1.04. The Hall–Kier alpha value is -1.25. The van der Waals surface area contributed by atoms with Gasteiger partial charge in [-0.2, -0.15) is 0 Å². The molecule has 104 valence electrons. The highest BCUT2D eigenvalue weighted by molar-refractivity contribution is 8.00. The van der Waals surface area contributed by atoms with Crippen molar-refractivity contribution in [3.05, 3.63) is 11.3 Å². The monoisotopic (exact) mass is 306 g/mol. The quantitative estimate of drug-likeness (QED) is 0.452. The van der Waals surface area contributed by atoms with Crippen molar-refractivity contribution in [1.82, 2.24) is 10.2 Å². The average molecular weight is 307 g/mol. The molecule has 0 aromatic carbocycles. The Balaban J connectivity index is 2.21. The Morgan fingerprint density at radius 3 is 2.74 bits per heavy atom. The molecule has 0 aromatic heterocycles. The number of fused-ring (bicyclic) bond motifs is 1. The second kappa shape index (κ2) is 5.40. The van der Waals surface area contributed by atoms with Gasteiger partial charge in [-0.1, -0.05) is 0 Å². The zero-order chi connectivity index (χ0) is 14.2. The molecule has 1 unspecified atom stereocenters. The number of aliphatic hydroxyl groups excluding tert-OH is 1. The number of β-lactam (4-membered cyclic amide) rings is 1. The Morgan fingerprint density at radius 1 is 1.53 bits per heavy atom. The molecule has 2 aliphatic rings. The van der Waals surface area contributed by atoms with Crippen LogP contribution >= 0.6 is 23.4 Å². The van der Waals surface area contributed by atoms with Crippen LogP contribution in [0.3, 0.4) is 0 Å². The van der Waals surface area contributed by atoms with E-state index in [9.17, 15) is 14.4 Å². The summed E-state index contributed by atoms with van der Waals surface area (Å²) in [5.41, 5.74) is 0.108. The van der Waals surface area contributed by atoms with E-state index in [0.717, 1.165) is 4.90 Å². The molecule has 0 spiro atoms. The van der Waals surface area contributed by atoms with Gasteiger partial charge in [0.05, 0.1) is 6.61 Å². The molecule has 2 aliphatic heterocycles. The fraction of sp³-hybridized carbons (Fsp3) is 0.500. The number of hydrogen-bond donors (Lipinski definition) is 3. The molecule has 2 atom stereocenters. The summed E-state index contributed by atoms with van der Waals surface area (Å²) in [4.78, 5) is 35.3. The van der Waals surface area contributed by atoms with E-state index in [4.69, 9.17) is 21.8 Å². The second-order valence-electron chi connectivity index (χ2n) is 4.00. The molecule has 0 bridgehead atoms. The molecule has 0 saturated carbocycles. The summed E-state index contributed by atoms with van der Waals surface area (Å²) in [6.45, 7) is -0.413. The van der Waals surface area contributed by atoms with Gasteiger partial charge in [-0.15, -0.1) is 23.4 Å². The first-order chi connectivity index (χ1) is 9.01. The molecule has 2 amide bonds. The largest absolute Gasteiger partial charge is 0.477 e. The molecule has 2 heterocycles. The number of nitrogens with zero attached hydrogens (tertiary/aromatic N) is 1. The molecule has 1 saturated heterocycles. The van der Waals surface area contributed by atoms with Crippen molar-refractivity contribution in [2.24, 2.45) is 0 Å². The van der Waals surface area contributed by atoms with Gasteiger partial charge in [-0.25, -0.2) is 4.79 Å². The zero-order valence-corrected chi connectivity index (χ0v) is 11.2. The minimum atomic E-state index is -1.26. The molecule has 2 rings (SSSR count). The number of carboxylic acid groups (broad SMARTS) is 1. The van der Waals surface area contributed by atoms with Crippen LogP contribution in [-0.4, -0.2) is 62.6 Å². The summed E-state index contributed by atoms with van der Waals surface area (Å²) in [7, 11) is 0. The number of carboxylic acids is 1. The Morgan fingerprint density at radius 2 is 2.21 bits per heavy atom. The number of carbonyl (C=O) groups excluding carboxylic acids is 2. The summed E-state index contributed by atoms with van der Waals surface area (Å²) < 4.78 is 0. The molecule has 0 aliphatic carbocycles. The number of amides is 2. The normalized spacial score (nSPS) is 25.8. The Kier molecular flexibility index (Phi) is 4.02. The maximum atomic E-state index is 11.9. The fourth-order valence-corrected chi connectivity index (χ4v) is 3.43. The topological polar surface area (TPSA) is 107 Å². The van der Waals surface area contributed by atoms with Gasteiger partial charge in [0, 0.05) is 5.75 Å². The Labute approximate surface area is 117 Å². The lowest BCUT2D eigenvalue weighted by molar-refractivity contribution is -0.150. The molecular weight excluding hydrogens is 296 g/mol. The minimum absolute atomic E-state index is 0.187. The van der Waals surface area contributed by atoms with Crippen LogP contribution in [0.15, 0.2) is 11.3 Å². The van der Waals surface area contributed by atoms with Crippen molar-refractivity contribution in [3.63, 3.8) is 0 Å². The number of thioether (sulfide) groups is 1. The maximum absolute atomic E-state index is 11.9. The highest BCUT2D eigenvalue weighted by Crippen LogP contribution is 2.40. The fourth-order valence-electron chi connectivity index (χ4n) is 2.02. The molecule has 7 nitrogen and oxygen atoms in total. The number of hydrogen-bond acceptors (Lipinski definition) is 5. The van der Waals surface area contributed by atoms with E-state index in [1.807, 2.05) is 0 Å². The van der Waals surface area contributed by atoms with Gasteiger partial charge < -0.3 is 15.5 Å². The van der Waals surface area contributed by atoms with Crippen LogP contribution in [0.1, 0.15) is 0 Å².